The van der Waals surface area contributed by atoms with Crippen LogP contribution in [-0.2, 0) is 0 Å². The number of furan rings is 1. The van der Waals surface area contributed by atoms with Crippen molar-refractivity contribution in [2.75, 3.05) is 0 Å². The van der Waals surface area contributed by atoms with Gasteiger partial charge in [-0.3, -0.25) is 0 Å². The molecule has 0 aliphatic carbocycles. The molecule has 0 aliphatic heterocycles. The smallest absolute Gasteiger partial charge is 0.136 e. The first-order valence-electron chi connectivity index (χ1n) is 22.5. The average molecular weight is 823 g/mol. The zero-order chi connectivity index (χ0) is 42.6. The predicted octanol–water partition coefficient (Wildman–Crippen LogP) is 18.3. The van der Waals surface area contributed by atoms with Crippen LogP contribution in [0.15, 0.2) is 235 Å². The summed E-state index contributed by atoms with van der Waals surface area (Å²) in [5.41, 5.74) is 11.6. The Kier molecular flexibility index (Phi) is 7.75. The molecule has 0 bridgehead atoms. The molecular weight excluding hydrogens is 785 g/mol. The molecule has 0 atom stereocenters. The van der Waals surface area contributed by atoms with Gasteiger partial charge < -0.3 is 4.42 Å². The maximum absolute atomic E-state index is 6.65. The van der Waals surface area contributed by atoms with Gasteiger partial charge in [0.25, 0.3) is 0 Å². The first kappa shape index (κ1) is 36.0. The minimum atomic E-state index is 0.914. The van der Waals surface area contributed by atoms with Gasteiger partial charge in [-0.1, -0.05) is 188 Å². The molecular formula is C64H38O. The molecule has 0 fully saturated rings. The lowest BCUT2D eigenvalue weighted by atomic mass is 9.83. The van der Waals surface area contributed by atoms with Gasteiger partial charge in [-0.2, -0.15) is 0 Å². The van der Waals surface area contributed by atoms with Gasteiger partial charge in [0.1, 0.15) is 11.2 Å². The Balaban J connectivity index is 1.03. The van der Waals surface area contributed by atoms with E-state index in [2.05, 4.69) is 231 Å². The summed E-state index contributed by atoms with van der Waals surface area (Å²) in [5, 5.41) is 19.6. The Hall–Kier alpha value is -8.52. The molecule has 1 nitrogen and oxygen atoms in total. The van der Waals surface area contributed by atoms with Crippen molar-refractivity contribution in [3.05, 3.63) is 231 Å². The van der Waals surface area contributed by atoms with Crippen molar-refractivity contribution < 1.29 is 4.42 Å². The van der Waals surface area contributed by atoms with Crippen LogP contribution in [0.4, 0.5) is 0 Å². The first-order valence-corrected chi connectivity index (χ1v) is 22.5. The molecule has 0 spiro atoms. The summed E-state index contributed by atoms with van der Waals surface area (Å²) in [6.45, 7) is 0. The fourth-order valence-electron chi connectivity index (χ4n) is 11.1. The number of hydrogen-bond donors (Lipinski definition) is 0. The van der Waals surface area contributed by atoms with E-state index < -0.39 is 0 Å². The topological polar surface area (TPSA) is 13.1 Å². The van der Waals surface area contributed by atoms with E-state index in [-0.39, 0.29) is 0 Å². The lowest BCUT2D eigenvalue weighted by Gasteiger charge is -2.20. The number of rotatable bonds is 4. The van der Waals surface area contributed by atoms with Gasteiger partial charge in [0, 0.05) is 10.8 Å². The summed E-state index contributed by atoms with van der Waals surface area (Å²) in [6, 6.07) is 85.0. The lowest BCUT2D eigenvalue weighted by Crippen LogP contribution is -1.93. The van der Waals surface area contributed by atoms with Crippen LogP contribution in [-0.4, -0.2) is 0 Å². The second-order valence-corrected chi connectivity index (χ2v) is 17.5. The molecule has 0 aliphatic rings. The highest BCUT2D eigenvalue weighted by Gasteiger charge is 2.21. The van der Waals surface area contributed by atoms with Crippen molar-refractivity contribution in [3.8, 4) is 44.5 Å². The molecule has 14 aromatic rings. The summed E-state index contributed by atoms with van der Waals surface area (Å²) in [6.07, 6.45) is 0. The quantitative estimate of drug-likeness (QED) is 0.127. The molecule has 0 amide bonds. The molecule has 13 aromatic carbocycles. The van der Waals surface area contributed by atoms with E-state index >= 15 is 0 Å². The molecule has 0 saturated carbocycles. The van der Waals surface area contributed by atoms with Crippen molar-refractivity contribution >= 4 is 97.3 Å². The molecule has 0 radical (unpaired) electrons. The maximum atomic E-state index is 6.65. The first-order chi connectivity index (χ1) is 32.2. The molecule has 0 unspecified atom stereocenters. The summed E-state index contributed by atoms with van der Waals surface area (Å²) < 4.78 is 6.65. The second kappa shape index (κ2) is 14.0. The van der Waals surface area contributed by atoms with Crippen molar-refractivity contribution in [1.29, 1.82) is 0 Å². The van der Waals surface area contributed by atoms with E-state index in [0.717, 1.165) is 16.6 Å². The van der Waals surface area contributed by atoms with Gasteiger partial charge in [0.15, 0.2) is 0 Å². The molecule has 0 N–H and O–H groups in total. The van der Waals surface area contributed by atoms with Crippen LogP contribution < -0.4 is 0 Å². The van der Waals surface area contributed by atoms with Crippen LogP contribution in [0, 0.1) is 0 Å². The van der Waals surface area contributed by atoms with Gasteiger partial charge in [0.2, 0.25) is 0 Å². The van der Waals surface area contributed by atoms with Crippen LogP contribution in [0.5, 0.6) is 0 Å². The summed E-state index contributed by atoms with van der Waals surface area (Å²) >= 11 is 0. The molecule has 1 heteroatoms. The molecule has 1 aromatic heterocycles. The summed E-state index contributed by atoms with van der Waals surface area (Å²) in [4.78, 5) is 0. The third kappa shape index (κ3) is 5.46. The van der Waals surface area contributed by atoms with Gasteiger partial charge in [-0.25, -0.2) is 0 Å². The van der Waals surface area contributed by atoms with Gasteiger partial charge >= 0.3 is 0 Å². The Labute approximate surface area is 375 Å². The zero-order valence-electron chi connectivity index (χ0n) is 35.3. The Morgan fingerprint density at radius 2 is 0.723 bits per heavy atom. The third-order valence-corrected chi connectivity index (χ3v) is 14.0. The third-order valence-electron chi connectivity index (χ3n) is 14.0. The molecule has 14 rings (SSSR count). The largest absolute Gasteiger partial charge is 0.456 e. The fraction of sp³-hybridized carbons (Fsp3) is 0. The molecule has 1 heterocycles. The van der Waals surface area contributed by atoms with Crippen LogP contribution in [0.1, 0.15) is 0 Å². The van der Waals surface area contributed by atoms with Gasteiger partial charge in [-0.15, -0.1) is 0 Å². The van der Waals surface area contributed by atoms with E-state index in [1.807, 2.05) is 0 Å². The minimum Gasteiger partial charge on any atom is -0.456 e. The average Bonchev–Trinajstić information content (AvgIpc) is 3.75. The second-order valence-electron chi connectivity index (χ2n) is 17.5. The van der Waals surface area contributed by atoms with Crippen molar-refractivity contribution in [3.63, 3.8) is 0 Å². The van der Waals surface area contributed by atoms with Crippen molar-refractivity contribution in [2.24, 2.45) is 0 Å². The fourth-order valence-corrected chi connectivity index (χ4v) is 11.1. The summed E-state index contributed by atoms with van der Waals surface area (Å²) in [5.74, 6) is 0. The van der Waals surface area contributed by atoms with Crippen molar-refractivity contribution in [1.82, 2.24) is 0 Å². The Bertz CT molecular complexity index is 4220. The normalized spacial score (nSPS) is 12.0. The van der Waals surface area contributed by atoms with E-state index in [1.54, 1.807) is 0 Å². The molecule has 0 saturated heterocycles. The van der Waals surface area contributed by atoms with Crippen LogP contribution in [0.3, 0.4) is 0 Å². The molecule has 300 valence electrons. The highest BCUT2D eigenvalue weighted by molar-refractivity contribution is 6.31. The van der Waals surface area contributed by atoms with Crippen molar-refractivity contribution in [2.45, 2.75) is 0 Å². The standard InChI is InChI=1S/C64H38O/c1-2-15-39(16-3-1)43-33-44(47-28-14-19-40-17-4-6-20-46(40)47)35-45(34-43)63-54-26-12-10-24-52(54)62(53-25-11-13-27-55(53)63)42-29-31-51-56(36-42)49-22-8-9-23-50(49)57-37-59-61(38-58(51)57)65-60-32-30-41-18-5-7-21-48(41)64(59)60/h1-38H. The van der Waals surface area contributed by atoms with E-state index in [4.69, 9.17) is 4.42 Å². The Morgan fingerprint density at radius 1 is 0.215 bits per heavy atom. The number of hydrogen-bond acceptors (Lipinski definition) is 1. The minimum absolute atomic E-state index is 0.914. The number of fused-ring (bicyclic) bond motifs is 14. The zero-order valence-corrected chi connectivity index (χ0v) is 35.3. The lowest BCUT2D eigenvalue weighted by molar-refractivity contribution is 0.670. The predicted molar refractivity (Wildman–Crippen MR) is 278 cm³/mol. The van der Waals surface area contributed by atoms with E-state index in [1.165, 1.54) is 125 Å². The Morgan fingerprint density at radius 3 is 1.43 bits per heavy atom. The number of benzene rings is 13. The van der Waals surface area contributed by atoms with Crippen LogP contribution in [0.25, 0.3) is 142 Å². The van der Waals surface area contributed by atoms with Gasteiger partial charge in [0.05, 0.1) is 0 Å². The van der Waals surface area contributed by atoms with Crippen LogP contribution >= 0.6 is 0 Å². The monoisotopic (exact) mass is 822 g/mol. The molecule has 65 heavy (non-hydrogen) atoms. The SMILES string of the molecule is c1ccc(-c2cc(-c3cccc4ccccc34)cc(-c3c4ccccc4c(-c4ccc5c(c4)c4ccccc4c4cc6c(cc54)oc4ccc5ccccc5c46)c4ccccc34)c2)cc1. The van der Waals surface area contributed by atoms with Crippen LogP contribution in [0.2, 0.25) is 0 Å². The summed E-state index contributed by atoms with van der Waals surface area (Å²) in [7, 11) is 0. The van der Waals surface area contributed by atoms with Gasteiger partial charge in [-0.05, 0) is 162 Å². The highest BCUT2D eigenvalue weighted by atomic mass is 16.3. The maximum Gasteiger partial charge on any atom is 0.136 e. The van der Waals surface area contributed by atoms with E-state index in [0.29, 0.717) is 0 Å². The highest BCUT2D eigenvalue weighted by Crippen LogP contribution is 2.48. The van der Waals surface area contributed by atoms with E-state index in [9.17, 15) is 0 Å².